The molecule has 19 heteroatoms. The third kappa shape index (κ3) is 17.0. The van der Waals surface area contributed by atoms with Gasteiger partial charge in [-0.25, -0.2) is 45.0 Å². The van der Waals surface area contributed by atoms with Crippen molar-refractivity contribution in [2.75, 3.05) is 37.7 Å². The van der Waals surface area contributed by atoms with E-state index in [-0.39, 0.29) is 30.1 Å². The SMILES string of the molecule is Cc1cc(COC2CCN(S(=O)(=O)CC(CCCc3ncccn3)NC(=O)O)CC2)c(C)cn1.Cc1ccc(C)c(COC2CCN(S(=O)(=O)CCC(NC(=O)O)c3ccccc3)CC2)c1. The number of hydrogen-bond acceptors (Lipinski definition) is 11. The lowest BCUT2D eigenvalue weighted by atomic mass is 10.1. The van der Waals surface area contributed by atoms with E-state index >= 15 is 0 Å². The molecule has 0 spiro atoms. The van der Waals surface area contributed by atoms with Crippen molar-refractivity contribution in [3.8, 4) is 0 Å². The summed E-state index contributed by atoms with van der Waals surface area (Å²) in [5.74, 6) is 0.273. The number of sulfonamides is 2. The molecule has 4 heterocycles. The smallest absolute Gasteiger partial charge is 0.405 e. The summed E-state index contributed by atoms with van der Waals surface area (Å²) in [6, 6.07) is 17.8. The van der Waals surface area contributed by atoms with Crippen LogP contribution in [0, 0.1) is 27.7 Å². The molecule has 2 aromatic heterocycles. The van der Waals surface area contributed by atoms with E-state index in [0.717, 1.165) is 27.9 Å². The summed E-state index contributed by atoms with van der Waals surface area (Å²) < 4.78 is 66.8. The minimum Gasteiger partial charge on any atom is -0.465 e. The van der Waals surface area contributed by atoms with Crippen molar-refractivity contribution in [1.29, 1.82) is 0 Å². The Morgan fingerprint density at radius 1 is 0.712 bits per heavy atom. The molecule has 2 aromatic carbocycles. The Hall–Kier alpha value is -5.05. The quantitative estimate of drug-likeness (QED) is 0.0745. The molecular formula is C47H65N7O10S2. The molecule has 2 atom stereocenters. The van der Waals surface area contributed by atoms with Gasteiger partial charge < -0.3 is 30.3 Å². The van der Waals surface area contributed by atoms with Gasteiger partial charge in [0.05, 0.1) is 43.0 Å². The first-order valence-corrected chi connectivity index (χ1v) is 25.7. The summed E-state index contributed by atoms with van der Waals surface area (Å²) in [6.45, 7) is 10.6. The van der Waals surface area contributed by atoms with Crippen LogP contribution >= 0.6 is 0 Å². The second-order valence-electron chi connectivity index (χ2n) is 17.0. The molecule has 2 aliphatic rings. The Morgan fingerprint density at radius 3 is 1.88 bits per heavy atom. The summed E-state index contributed by atoms with van der Waals surface area (Å²) in [7, 11) is -7.09. The van der Waals surface area contributed by atoms with E-state index in [1.807, 2.05) is 44.3 Å². The van der Waals surface area contributed by atoms with Gasteiger partial charge in [-0.05, 0) is 113 Å². The van der Waals surface area contributed by atoms with Gasteiger partial charge in [-0.1, -0.05) is 54.1 Å². The predicted octanol–water partition coefficient (Wildman–Crippen LogP) is 6.47. The molecule has 4 aromatic rings. The number of pyridine rings is 1. The van der Waals surface area contributed by atoms with Crippen LogP contribution in [0.2, 0.25) is 0 Å². The summed E-state index contributed by atoms with van der Waals surface area (Å²) in [5, 5.41) is 23.1. The lowest BCUT2D eigenvalue weighted by Gasteiger charge is -2.32. The van der Waals surface area contributed by atoms with E-state index in [2.05, 4.69) is 57.6 Å². The lowest BCUT2D eigenvalue weighted by Crippen LogP contribution is -2.47. The Morgan fingerprint density at radius 2 is 1.29 bits per heavy atom. The maximum atomic E-state index is 13.0. The van der Waals surface area contributed by atoms with Gasteiger partial charge in [0.15, 0.2) is 0 Å². The van der Waals surface area contributed by atoms with Crippen LogP contribution in [0.15, 0.2) is 79.3 Å². The fourth-order valence-corrected chi connectivity index (χ4v) is 11.3. The molecule has 17 nitrogen and oxygen atoms in total. The molecule has 6 rings (SSSR count). The summed E-state index contributed by atoms with van der Waals surface area (Å²) in [6.07, 6.45) is 6.95. The number of amides is 2. The zero-order valence-corrected chi connectivity index (χ0v) is 40.0. The van der Waals surface area contributed by atoms with Crippen molar-refractivity contribution < 1.29 is 46.1 Å². The van der Waals surface area contributed by atoms with Crippen molar-refractivity contribution in [2.45, 2.75) is 117 Å². The molecule has 4 N–H and O–H groups in total. The summed E-state index contributed by atoms with van der Waals surface area (Å²) in [4.78, 5) is 34.9. The van der Waals surface area contributed by atoms with Gasteiger partial charge in [0.1, 0.15) is 5.82 Å². The van der Waals surface area contributed by atoms with Crippen molar-refractivity contribution in [3.63, 3.8) is 0 Å². The van der Waals surface area contributed by atoms with Crippen LogP contribution in [0.25, 0.3) is 0 Å². The Balaban J connectivity index is 0.000000248. The highest BCUT2D eigenvalue weighted by Gasteiger charge is 2.32. The third-order valence-corrected chi connectivity index (χ3v) is 15.7. The molecule has 0 bridgehead atoms. The first kappa shape index (κ1) is 51.9. The van der Waals surface area contributed by atoms with Crippen LogP contribution in [0.4, 0.5) is 9.59 Å². The maximum Gasteiger partial charge on any atom is 0.405 e. The van der Waals surface area contributed by atoms with Crippen LogP contribution in [0.1, 0.15) is 95.9 Å². The molecule has 66 heavy (non-hydrogen) atoms. The number of carbonyl (C=O) groups is 2. The molecule has 2 saturated heterocycles. The zero-order valence-electron chi connectivity index (χ0n) is 38.3. The largest absolute Gasteiger partial charge is 0.465 e. The predicted molar refractivity (Wildman–Crippen MR) is 251 cm³/mol. The Kier molecular flexibility index (Phi) is 19.8. The first-order chi connectivity index (χ1) is 31.5. The van der Waals surface area contributed by atoms with Crippen LogP contribution < -0.4 is 10.6 Å². The number of nitrogens with zero attached hydrogens (tertiary/aromatic N) is 5. The highest BCUT2D eigenvalue weighted by atomic mass is 32.2. The lowest BCUT2D eigenvalue weighted by molar-refractivity contribution is 0.00978. The molecule has 2 aliphatic heterocycles. The number of hydrogen-bond donors (Lipinski definition) is 4. The summed E-state index contributed by atoms with van der Waals surface area (Å²) in [5.41, 5.74) is 7.40. The fourth-order valence-electron chi connectivity index (χ4n) is 8.01. The monoisotopic (exact) mass is 951 g/mol. The molecule has 0 radical (unpaired) electrons. The molecule has 2 unspecified atom stereocenters. The molecule has 0 saturated carbocycles. The Labute approximate surface area is 389 Å². The number of benzene rings is 2. The van der Waals surface area contributed by atoms with E-state index in [9.17, 15) is 26.4 Å². The van der Waals surface area contributed by atoms with Gasteiger partial charge in [-0.2, -0.15) is 0 Å². The highest BCUT2D eigenvalue weighted by Crippen LogP contribution is 2.24. The van der Waals surface area contributed by atoms with Crippen LogP contribution in [-0.2, 0) is 49.2 Å². The second-order valence-corrected chi connectivity index (χ2v) is 21.1. The molecule has 2 fully saturated rings. The number of nitrogens with one attached hydrogen (secondary N) is 2. The van der Waals surface area contributed by atoms with Crippen LogP contribution in [0.3, 0.4) is 0 Å². The normalized spacial score (nSPS) is 16.4. The second kappa shape index (κ2) is 25.2. The van der Waals surface area contributed by atoms with E-state index in [1.165, 1.54) is 19.7 Å². The molecule has 0 aliphatic carbocycles. The van der Waals surface area contributed by atoms with Crippen molar-refractivity contribution >= 4 is 32.2 Å². The van der Waals surface area contributed by atoms with E-state index in [4.69, 9.17) is 19.7 Å². The number of rotatable bonds is 20. The van der Waals surface area contributed by atoms with Gasteiger partial charge in [-0.3, -0.25) is 4.98 Å². The topological polar surface area (TPSA) is 231 Å². The zero-order chi connectivity index (χ0) is 47.7. The maximum absolute atomic E-state index is 13.0. The average molecular weight is 952 g/mol. The molecule has 2 amide bonds. The number of piperidine rings is 2. The fraction of sp³-hybridized carbons (Fsp3) is 0.511. The number of carboxylic acid groups (broad SMARTS) is 2. The minimum absolute atomic E-state index is 0.0156. The van der Waals surface area contributed by atoms with E-state index in [1.54, 1.807) is 30.6 Å². The number of aromatic nitrogens is 3. The Bertz CT molecular complexity index is 2380. The van der Waals surface area contributed by atoms with Gasteiger partial charge in [0.25, 0.3) is 0 Å². The number of aryl methyl sites for hydroxylation is 5. The average Bonchev–Trinajstić information content (AvgIpc) is 3.29. The number of ether oxygens (including phenoxy) is 2. The summed E-state index contributed by atoms with van der Waals surface area (Å²) >= 11 is 0. The van der Waals surface area contributed by atoms with Crippen molar-refractivity contribution in [2.24, 2.45) is 0 Å². The minimum atomic E-state index is -3.61. The van der Waals surface area contributed by atoms with Gasteiger partial charge in [0, 0.05) is 62.9 Å². The first-order valence-electron chi connectivity index (χ1n) is 22.4. The van der Waals surface area contributed by atoms with Gasteiger partial charge in [0.2, 0.25) is 20.0 Å². The van der Waals surface area contributed by atoms with Crippen LogP contribution in [-0.4, -0.2) is 119 Å². The highest BCUT2D eigenvalue weighted by molar-refractivity contribution is 7.89. The van der Waals surface area contributed by atoms with E-state index < -0.39 is 44.3 Å². The molecular weight excluding hydrogens is 887 g/mol. The standard InChI is InChI=1S/C24H32N2O5S.C23H33N5O5S/c1-18-8-9-19(2)21(16-18)17-31-22-10-13-26(14-11-22)32(29,30)15-12-23(25-24(27)28)20-6-4-3-5-7-20;1-17-14-26-18(2)13-19(17)15-33-21-7-11-28(12-8-21)34(31,32)16-20(27-23(29)30)5-3-6-22-24-9-4-10-25-22/h3-9,16,22-23,25H,10-15,17H2,1-2H3,(H,27,28);4,9-10,13-14,20-21,27H,3,5-8,11-12,15-16H2,1-2H3,(H,29,30). The van der Waals surface area contributed by atoms with E-state index in [0.29, 0.717) is 90.2 Å². The van der Waals surface area contributed by atoms with Gasteiger partial charge in [-0.15, -0.1) is 0 Å². The molecule has 360 valence electrons. The van der Waals surface area contributed by atoms with Crippen LogP contribution in [0.5, 0.6) is 0 Å². The third-order valence-electron chi connectivity index (χ3n) is 11.9. The van der Waals surface area contributed by atoms with Crippen molar-refractivity contribution in [1.82, 2.24) is 34.2 Å². The van der Waals surface area contributed by atoms with Gasteiger partial charge >= 0.3 is 12.2 Å². The van der Waals surface area contributed by atoms with Crippen molar-refractivity contribution in [3.05, 3.63) is 124 Å².